The Balaban J connectivity index is 0.00000338. The number of ether oxygens (including phenoxy) is 1. The molecular formula is C20H35IN4O. The fourth-order valence-electron chi connectivity index (χ4n) is 3.25. The number of nitrogens with one attached hydrogen (secondary N) is 2. The van der Waals surface area contributed by atoms with E-state index in [2.05, 4.69) is 46.5 Å². The van der Waals surface area contributed by atoms with Gasteiger partial charge in [-0.2, -0.15) is 0 Å². The van der Waals surface area contributed by atoms with Gasteiger partial charge in [-0.25, -0.2) is 0 Å². The van der Waals surface area contributed by atoms with Crippen molar-refractivity contribution in [3.05, 3.63) is 29.8 Å². The minimum atomic E-state index is 0. The SMILES string of the molecule is CN=C(NCCc1ccc(OC)cc1)NCC(C)(C)N1CCCCC1.I. The van der Waals surface area contributed by atoms with Crippen LogP contribution in [0, 0.1) is 0 Å². The van der Waals surface area contributed by atoms with Crippen molar-refractivity contribution in [2.24, 2.45) is 4.99 Å². The Morgan fingerprint density at radius 3 is 2.35 bits per heavy atom. The molecule has 1 aromatic carbocycles. The molecule has 1 fully saturated rings. The Hall–Kier alpha value is -1.02. The standard InChI is InChI=1S/C20H34N4O.HI/c1-20(2,24-14-6-5-7-15-24)16-23-19(21-3)22-13-12-17-8-10-18(25-4)11-9-17;/h8-11H,5-7,12-16H2,1-4H3,(H2,21,22,23);1H. The van der Waals surface area contributed by atoms with E-state index in [0.717, 1.165) is 31.2 Å². The minimum Gasteiger partial charge on any atom is -0.497 e. The molecule has 26 heavy (non-hydrogen) atoms. The summed E-state index contributed by atoms with van der Waals surface area (Å²) in [5.74, 6) is 1.77. The molecule has 1 aliphatic rings. The van der Waals surface area contributed by atoms with Crippen molar-refractivity contribution in [1.82, 2.24) is 15.5 Å². The highest BCUT2D eigenvalue weighted by Crippen LogP contribution is 2.19. The van der Waals surface area contributed by atoms with E-state index in [1.165, 1.54) is 37.9 Å². The van der Waals surface area contributed by atoms with Crippen LogP contribution in [-0.4, -0.2) is 56.7 Å². The Morgan fingerprint density at radius 1 is 1.12 bits per heavy atom. The number of piperidine rings is 1. The number of nitrogens with zero attached hydrogens (tertiary/aromatic N) is 2. The zero-order valence-corrected chi connectivity index (χ0v) is 19.0. The van der Waals surface area contributed by atoms with E-state index in [0.29, 0.717) is 0 Å². The van der Waals surface area contributed by atoms with Gasteiger partial charge in [0.25, 0.3) is 0 Å². The number of halogens is 1. The summed E-state index contributed by atoms with van der Waals surface area (Å²) >= 11 is 0. The number of hydrogen-bond donors (Lipinski definition) is 2. The van der Waals surface area contributed by atoms with Crippen LogP contribution in [0.15, 0.2) is 29.3 Å². The smallest absolute Gasteiger partial charge is 0.191 e. The zero-order chi connectivity index (χ0) is 18.1. The zero-order valence-electron chi connectivity index (χ0n) is 16.7. The second-order valence-corrected chi connectivity index (χ2v) is 7.31. The second kappa shape index (κ2) is 11.6. The van der Waals surface area contributed by atoms with Gasteiger partial charge in [0.05, 0.1) is 7.11 Å². The van der Waals surface area contributed by atoms with E-state index in [1.807, 2.05) is 19.2 Å². The average molecular weight is 474 g/mol. The molecule has 0 spiro atoms. The van der Waals surface area contributed by atoms with Crippen molar-refractivity contribution in [1.29, 1.82) is 0 Å². The third-order valence-electron chi connectivity index (χ3n) is 4.99. The number of aliphatic imine (C=N–C) groups is 1. The third kappa shape index (κ3) is 7.31. The van der Waals surface area contributed by atoms with E-state index < -0.39 is 0 Å². The average Bonchev–Trinajstić information content (AvgIpc) is 2.65. The van der Waals surface area contributed by atoms with Crippen LogP contribution in [0.1, 0.15) is 38.7 Å². The molecule has 148 valence electrons. The molecule has 1 saturated heterocycles. The maximum atomic E-state index is 5.19. The topological polar surface area (TPSA) is 48.9 Å². The van der Waals surface area contributed by atoms with Crippen LogP contribution in [0.2, 0.25) is 0 Å². The monoisotopic (exact) mass is 474 g/mol. The van der Waals surface area contributed by atoms with Gasteiger partial charge in [0.1, 0.15) is 5.75 Å². The van der Waals surface area contributed by atoms with Gasteiger partial charge in [0.2, 0.25) is 0 Å². The van der Waals surface area contributed by atoms with Crippen molar-refractivity contribution in [2.45, 2.75) is 45.1 Å². The van der Waals surface area contributed by atoms with E-state index in [-0.39, 0.29) is 29.5 Å². The molecule has 1 heterocycles. The number of rotatable bonds is 7. The Labute approximate surface area is 176 Å². The number of hydrogen-bond acceptors (Lipinski definition) is 3. The highest BCUT2D eigenvalue weighted by molar-refractivity contribution is 14.0. The first-order chi connectivity index (χ1) is 12.0. The summed E-state index contributed by atoms with van der Waals surface area (Å²) in [6, 6.07) is 8.22. The summed E-state index contributed by atoms with van der Waals surface area (Å²) in [6.07, 6.45) is 4.96. The molecule has 5 nitrogen and oxygen atoms in total. The molecule has 0 aromatic heterocycles. The first-order valence-corrected chi connectivity index (χ1v) is 9.37. The lowest BCUT2D eigenvalue weighted by Crippen LogP contribution is -2.55. The number of benzene rings is 1. The van der Waals surface area contributed by atoms with E-state index in [4.69, 9.17) is 4.74 Å². The van der Waals surface area contributed by atoms with Gasteiger partial charge in [-0.05, 0) is 63.9 Å². The predicted octanol–water partition coefficient (Wildman–Crippen LogP) is 3.29. The summed E-state index contributed by atoms with van der Waals surface area (Å²) in [7, 11) is 3.52. The van der Waals surface area contributed by atoms with Gasteiger partial charge >= 0.3 is 0 Å². The molecule has 0 bridgehead atoms. The van der Waals surface area contributed by atoms with E-state index in [1.54, 1.807) is 7.11 Å². The molecule has 0 unspecified atom stereocenters. The quantitative estimate of drug-likeness (QED) is 0.362. The van der Waals surface area contributed by atoms with Gasteiger partial charge in [0.15, 0.2) is 5.96 Å². The maximum absolute atomic E-state index is 5.19. The van der Waals surface area contributed by atoms with Gasteiger partial charge in [0, 0.05) is 25.7 Å². The van der Waals surface area contributed by atoms with Crippen LogP contribution in [0.5, 0.6) is 5.75 Å². The van der Waals surface area contributed by atoms with Gasteiger partial charge < -0.3 is 15.4 Å². The van der Waals surface area contributed by atoms with Crippen molar-refractivity contribution in [3.8, 4) is 5.75 Å². The van der Waals surface area contributed by atoms with Gasteiger partial charge in [-0.1, -0.05) is 18.6 Å². The lowest BCUT2D eigenvalue weighted by atomic mass is 9.98. The molecule has 0 atom stereocenters. The van der Waals surface area contributed by atoms with Crippen molar-refractivity contribution < 1.29 is 4.74 Å². The van der Waals surface area contributed by atoms with Crippen LogP contribution < -0.4 is 15.4 Å². The van der Waals surface area contributed by atoms with Crippen molar-refractivity contribution in [3.63, 3.8) is 0 Å². The van der Waals surface area contributed by atoms with Crippen LogP contribution in [0.4, 0.5) is 0 Å². The molecule has 0 amide bonds. The van der Waals surface area contributed by atoms with Crippen LogP contribution in [-0.2, 0) is 6.42 Å². The van der Waals surface area contributed by atoms with E-state index in [9.17, 15) is 0 Å². The largest absolute Gasteiger partial charge is 0.497 e. The van der Waals surface area contributed by atoms with Crippen LogP contribution in [0.25, 0.3) is 0 Å². The molecule has 2 N–H and O–H groups in total. The van der Waals surface area contributed by atoms with Gasteiger partial charge in [-0.15, -0.1) is 24.0 Å². The summed E-state index contributed by atoms with van der Waals surface area (Å²) in [5, 5.41) is 6.90. The Bertz CT molecular complexity index is 539. The second-order valence-electron chi connectivity index (χ2n) is 7.31. The summed E-state index contributed by atoms with van der Waals surface area (Å²) < 4.78 is 5.19. The lowest BCUT2D eigenvalue weighted by molar-refractivity contribution is 0.0982. The summed E-state index contributed by atoms with van der Waals surface area (Å²) in [5.41, 5.74) is 1.44. The minimum absolute atomic E-state index is 0. The molecule has 0 saturated carbocycles. The fourth-order valence-corrected chi connectivity index (χ4v) is 3.25. The van der Waals surface area contributed by atoms with Gasteiger partial charge in [-0.3, -0.25) is 9.89 Å². The molecule has 1 aliphatic heterocycles. The number of guanidine groups is 1. The fraction of sp³-hybridized carbons (Fsp3) is 0.650. The maximum Gasteiger partial charge on any atom is 0.191 e. The van der Waals surface area contributed by atoms with Crippen LogP contribution >= 0.6 is 24.0 Å². The Morgan fingerprint density at radius 2 is 1.77 bits per heavy atom. The highest BCUT2D eigenvalue weighted by Gasteiger charge is 2.27. The lowest BCUT2D eigenvalue weighted by Gasteiger charge is -2.41. The molecular weight excluding hydrogens is 439 g/mol. The normalized spacial score (nSPS) is 15.9. The van der Waals surface area contributed by atoms with Crippen LogP contribution in [0.3, 0.4) is 0 Å². The number of methoxy groups -OCH3 is 1. The van der Waals surface area contributed by atoms with E-state index >= 15 is 0 Å². The molecule has 1 aromatic rings. The molecule has 0 radical (unpaired) electrons. The summed E-state index contributed by atoms with van der Waals surface area (Å²) in [6.45, 7) is 8.80. The molecule has 2 rings (SSSR count). The first kappa shape index (κ1) is 23.0. The predicted molar refractivity (Wildman–Crippen MR) is 121 cm³/mol. The van der Waals surface area contributed by atoms with Crippen molar-refractivity contribution >= 4 is 29.9 Å². The first-order valence-electron chi connectivity index (χ1n) is 9.37. The Kier molecular flexibility index (Phi) is 10.3. The highest BCUT2D eigenvalue weighted by atomic mass is 127. The summed E-state index contributed by atoms with van der Waals surface area (Å²) in [4.78, 5) is 6.94. The number of likely N-dealkylation sites (tertiary alicyclic amines) is 1. The third-order valence-corrected chi connectivity index (χ3v) is 4.99. The van der Waals surface area contributed by atoms with Crippen molar-refractivity contribution in [2.75, 3.05) is 40.3 Å². The molecule has 6 heteroatoms. The molecule has 0 aliphatic carbocycles.